The first kappa shape index (κ1) is 25.4. The summed E-state index contributed by atoms with van der Waals surface area (Å²) in [5, 5.41) is 3.80. The fourth-order valence-electron chi connectivity index (χ4n) is 2.90. The first-order chi connectivity index (χ1) is 14.7. The molecular formula is C23H28Cl2N2O3S. The number of carbonyl (C=O) groups is 2. The summed E-state index contributed by atoms with van der Waals surface area (Å²) < 4.78 is 5.17. The number of hydrogen-bond acceptors (Lipinski definition) is 4. The lowest BCUT2D eigenvalue weighted by atomic mass is 10.1. The average Bonchev–Trinajstić information content (AvgIpc) is 2.73. The Morgan fingerprint density at radius 3 is 2.23 bits per heavy atom. The molecule has 0 fully saturated rings. The van der Waals surface area contributed by atoms with Gasteiger partial charge in [-0.2, -0.15) is 0 Å². The fraction of sp³-hybridized carbons (Fsp3) is 0.391. The molecule has 168 valence electrons. The number of hydrogen-bond donors (Lipinski definition) is 1. The quantitative estimate of drug-likeness (QED) is 0.506. The van der Waals surface area contributed by atoms with E-state index in [0.29, 0.717) is 21.4 Å². The molecule has 1 N–H and O–H groups in total. The summed E-state index contributed by atoms with van der Waals surface area (Å²) in [5.41, 5.74) is 1.72. The highest BCUT2D eigenvalue weighted by atomic mass is 35.5. The van der Waals surface area contributed by atoms with Crippen molar-refractivity contribution < 1.29 is 14.3 Å². The van der Waals surface area contributed by atoms with Crippen molar-refractivity contribution in [1.29, 1.82) is 0 Å². The number of nitrogens with one attached hydrogen (secondary N) is 1. The fourth-order valence-corrected chi connectivity index (χ4v) is 4.29. The largest absolute Gasteiger partial charge is 0.497 e. The van der Waals surface area contributed by atoms with Gasteiger partial charge in [0.15, 0.2) is 0 Å². The lowest BCUT2D eigenvalue weighted by molar-refractivity contribution is -0.138. The Bertz CT molecular complexity index is 871. The molecule has 2 rings (SSSR count). The highest BCUT2D eigenvalue weighted by Gasteiger charge is 2.27. The van der Waals surface area contributed by atoms with Crippen molar-refractivity contribution in [2.45, 2.75) is 45.2 Å². The summed E-state index contributed by atoms with van der Waals surface area (Å²) in [7, 11) is 1.62. The maximum absolute atomic E-state index is 13.1. The molecule has 0 bridgehead atoms. The predicted molar refractivity (Wildman–Crippen MR) is 129 cm³/mol. The van der Waals surface area contributed by atoms with E-state index in [0.717, 1.165) is 11.3 Å². The van der Waals surface area contributed by atoms with Gasteiger partial charge in [0.1, 0.15) is 11.8 Å². The number of amides is 2. The zero-order chi connectivity index (χ0) is 23.0. The van der Waals surface area contributed by atoms with Crippen molar-refractivity contribution in [2.75, 3.05) is 12.9 Å². The van der Waals surface area contributed by atoms with Crippen molar-refractivity contribution in [3.05, 3.63) is 63.6 Å². The van der Waals surface area contributed by atoms with Crippen LogP contribution < -0.4 is 10.1 Å². The van der Waals surface area contributed by atoms with Gasteiger partial charge in [-0.25, -0.2) is 0 Å². The van der Waals surface area contributed by atoms with E-state index in [-0.39, 0.29) is 30.2 Å². The molecular weight excluding hydrogens is 455 g/mol. The number of thioether (sulfide) groups is 1. The third-order valence-corrected chi connectivity index (χ3v) is 6.34. The molecule has 0 aliphatic heterocycles. The molecule has 2 amide bonds. The maximum atomic E-state index is 13.1. The number of nitrogens with zero attached hydrogens (tertiary/aromatic N) is 1. The molecule has 0 heterocycles. The molecule has 2 aromatic rings. The monoisotopic (exact) mass is 482 g/mol. The van der Waals surface area contributed by atoms with Crippen LogP contribution >= 0.6 is 35.0 Å². The van der Waals surface area contributed by atoms with E-state index >= 15 is 0 Å². The molecule has 31 heavy (non-hydrogen) atoms. The first-order valence-electron chi connectivity index (χ1n) is 9.96. The van der Waals surface area contributed by atoms with Crippen LogP contribution in [0.3, 0.4) is 0 Å². The van der Waals surface area contributed by atoms with E-state index in [4.69, 9.17) is 27.9 Å². The predicted octanol–water partition coefficient (Wildman–Crippen LogP) is 5.18. The van der Waals surface area contributed by atoms with E-state index in [1.165, 1.54) is 16.7 Å². The first-order valence-corrected chi connectivity index (χ1v) is 11.9. The van der Waals surface area contributed by atoms with Gasteiger partial charge in [0.05, 0.1) is 12.9 Å². The van der Waals surface area contributed by atoms with Crippen molar-refractivity contribution in [2.24, 2.45) is 0 Å². The Morgan fingerprint density at radius 2 is 1.68 bits per heavy atom. The minimum absolute atomic E-state index is 0.0275. The van der Waals surface area contributed by atoms with Gasteiger partial charge in [0.25, 0.3) is 0 Å². The Morgan fingerprint density at radius 1 is 1.06 bits per heavy atom. The van der Waals surface area contributed by atoms with Gasteiger partial charge in [0.2, 0.25) is 11.8 Å². The third-order valence-electron chi connectivity index (χ3n) is 4.64. The van der Waals surface area contributed by atoms with Crippen molar-refractivity contribution in [3.63, 3.8) is 0 Å². The average molecular weight is 483 g/mol. The van der Waals surface area contributed by atoms with E-state index in [9.17, 15) is 9.59 Å². The number of rotatable bonds is 10. The molecule has 0 saturated carbocycles. The van der Waals surface area contributed by atoms with Crippen LogP contribution in [0.25, 0.3) is 0 Å². The lowest BCUT2D eigenvalue weighted by Gasteiger charge is -2.30. The second-order valence-electron chi connectivity index (χ2n) is 7.40. The van der Waals surface area contributed by atoms with Gasteiger partial charge in [0, 0.05) is 33.9 Å². The molecule has 0 saturated heterocycles. The van der Waals surface area contributed by atoms with E-state index in [1.807, 2.05) is 38.1 Å². The van der Waals surface area contributed by atoms with E-state index < -0.39 is 6.04 Å². The van der Waals surface area contributed by atoms with Crippen LogP contribution in [-0.2, 0) is 21.9 Å². The number of ether oxygens (including phenoxy) is 1. The van der Waals surface area contributed by atoms with Crippen LogP contribution in [-0.4, -0.2) is 41.7 Å². The van der Waals surface area contributed by atoms with Crippen molar-refractivity contribution in [1.82, 2.24) is 10.2 Å². The molecule has 0 aliphatic carbocycles. The Kier molecular flexibility index (Phi) is 10.0. The second-order valence-corrected chi connectivity index (χ2v) is 9.20. The Balaban J connectivity index is 2.11. The number of benzene rings is 2. The topological polar surface area (TPSA) is 58.6 Å². The van der Waals surface area contributed by atoms with Crippen LogP contribution in [0.1, 0.15) is 31.9 Å². The smallest absolute Gasteiger partial charge is 0.242 e. The highest BCUT2D eigenvalue weighted by molar-refractivity contribution is 7.99. The van der Waals surface area contributed by atoms with Crippen LogP contribution in [0.15, 0.2) is 42.5 Å². The van der Waals surface area contributed by atoms with Crippen LogP contribution in [0.4, 0.5) is 0 Å². The van der Waals surface area contributed by atoms with Gasteiger partial charge in [-0.1, -0.05) is 41.4 Å². The summed E-state index contributed by atoms with van der Waals surface area (Å²) >= 11 is 14.1. The maximum Gasteiger partial charge on any atom is 0.242 e. The van der Waals surface area contributed by atoms with Gasteiger partial charge in [-0.05, 0) is 50.6 Å². The van der Waals surface area contributed by atoms with Crippen LogP contribution in [0.5, 0.6) is 5.75 Å². The number of methoxy groups -OCH3 is 1. The van der Waals surface area contributed by atoms with Gasteiger partial charge in [-0.15, -0.1) is 11.8 Å². The molecule has 1 atom stereocenters. The Labute approximate surface area is 198 Å². The summed E-state index contributed by atoms with van der Waals surface area (Å²) in [6.45, 7) is 5.64. The standard InChI is InChI=1S/C23H28Cl2N2O3S/c1-15(2)26-23(29)16(3)27(12-19-20(24)6-5-7-21(19)25)22(28)14-31-13-17-8-10-18(30-4)11-9-17/h5-11,15-16H,12-14H2,1-4H3,(H,26,29). The van der Waals surface area contributed by atoms with Crippen molar-refractivity contribution >= 4 is 46.8 Å². The van der Waals surface area contributed by atoms with Crippen molar-refractivity contribution in [3.8, 4) is 5.75 Å². The SMILES string of the molecule is COc1ccc(CSCC(=O)N(Cc2c(Cl)cccc2Cl)C(C)C(=O)NC(C)C)cc1. The van der Waals surface area contributed by atoms with E-state index in [1.54, 1.807) is 32.2 Å². The van der Waals surface area contributed by atoms with E-state index in [2.05, 4.69) is 5.32 Å². The number of halogens is 2. The highest BCUT2D eigenvalue weighted by Crippen LogP contribution is 2.27. The molecule has 5 nitrogen and oxygen atoms in total. The Hall–Kier alpha value is -1.89. The summed E-state index contributed by atoms with van der Waals surface area (Å²) in [6.07, 6.45) is 0. The zero-order valence-corrected chi connectivity index (χ0v) is 20.5. The van der Waals surface area contributed by atoms with Gasteiger partial charge < -0.3 is 15.0 Å². The summed E-state index contributed by atoms with van der Waals surface area (Å²) in [4.78, 5) is 27.3. The third kappa shape index (κ3) is 7.63. The second kappa shape index (κ2) is 12.2. The summed E-state index contributed by atoms with van der Waals surface area (Å²) in [6, 6.07) is 12.2. The molecule has 0 aromatic heterocycles. The summed E-state index contributed by atoms with van der Waals surface area (Å²) in [5.74, 6) is 1.32. The zero-order valence-electron chi connectivity index (χ0n) is 18.2. The molecule has 0 spiro atoms. The normalized spacial score (nSPS) is 11.8. The van der Waals surface area contributed by atoms with Gasteiger partial charge in [-0.3, -0.25) is 9.59 Å². The minimum Gasteiger partial charge on any atom is -0.497 e. The van der Waals surface area contributed by atoms with Crippen LogP contribution in [0.2, 0.25) is 10.0 Å². The molecule has 1 unspecified atom stereocenters. The molecule has 2 aromatic carbocycles. The molecule has 0 aliphatic rings. The number of carbonyl (C=O) groups excluding carboxylic acids is 2. The lowest BCUT2D eigenvalue weighted by Crippen LogP contribution is -2.49. The van der Waals surface area contributed by atoms with Gasteiger partial charge >= 0.3 is 0 Å². The van der Waals surface area contributed by atoms with Crippen LogP contribution in [0, 0.1) is 0 Å². The minimum atomic E-state index is -0.663. The molecule has 8 heteroatoms. The molecule has 0 radical (unpaired) electrons.